The molecule has 2 aromatic carbocycles. The maximum atomic E-state index is 13.4. The van der Waals surface area contributed by atoms with Crippen LogP contribution in [-0.2, 0) is 21.4 Å². The molecular weight excluding hydrogens is 403 g/mol. The first-order valence-corrected chi connectivity index (χ1v) is 11.6. The molecule has 1 heterocycles. The maximum Gasteiger partial charge on any atom is 0.243 e. The van der Waals surface area contributed by atoms with Crippen LogP contribution in [0.3, 0.4) is 0 Å². The van der Waals surface area contributed by atoms with Gasteiger partial charge >= 0.3 is 0 Å². The third-order valence-electron chi connectivity index (χ3n) is 5.72. The Morgan fingerprint density at radius 2 is 1.63 bits per heavy atom. The van der Waals surface area contributed by atoms with Gasteiger partial charge in [-0.2, -0.15) is 4.31 Å². The van der Waals surface area contributed by atoms with Gasteiger partial charge in [-0.25, -0.2) is 12.8 Å². The summed E-state index contributed by atoms with van der Waals surface area (Å²) in [6.45, 7) is 8.27. The largest absolute Gasteiger partial charge is 0.352 e. The topological polar surface area (TPSA) is 66.5 Å². The van der Waals surface area contributed by atoms with Crippen molar-refractivity contribution in [3.63, 3.8) is 0 Å². The highest BCUT2D eigenvalue weighted by molar-refractivity contribution is 7.89. The van der Waals surface area contributed by atoms with E-state index in [1.165, 1.54) is 10.4 Å². The molecule has 0 atom stereocenters. The monoisotopic (exact) mass is 432 g/mol. The van der Waals surface area contributed by atoms with Gasteiger partial charge in [0.05, 0.1) is 4.90 Å². The summed E-state index contributed by atoms with van der Waals surface area (Å²) in [6.07, 6.45) is 0.967. The van der Waals surface area contributed by atoms with E-state index in [0.29, 0.717) is 42.9 Å². The van der Waals surface area contributed by atoms with E-state index in [0.717, 1.165) is 22.3 Å². The van der Waals surface area contributed by atoms with E-state index >= 15 is 0 Å². The first-order valence-electron chi connectivity index (χ1n) is 10.2. The molecule has 3 rings (SSSR count). The lowest BCUT2D eigenvalue weighted by molar-refractivity contribution is -0.126. The lowest BCUT2D eigenvalue weighted by Gasteiger charge is -2.31. The minimum Gasteiger partial charge on any atom is -0.352 e. The average Bonchev–Trinajstić information content (AvgIpc) is 2.67. The highest BCUT2D eigenvalue weighted by Gasteiger charge is 2.33. The Bertz CT molecular complexity index is 1040. The first-order chi connectivity index (χ1) is 14.1. The SMILES string of the molecule is Cc1cc(C)c(S(=O)(=O)N2CCC(C(=O)NCc3ccc(F)c(C)c3)CC2)c(C)c1. The van der Waals surface area contributed by atoms with Crippen molar-refractivity contribution in [3.05, 3.63) is 64.0 Å². The zero-order valence-corrected chi connectivity index (χ0v) is 18.8. The van der Waals surface area contributed by atoms with Crippen molar-refractivity contribution in [3.8, 4) is 0 Å². The molecular formula is C23H29FN2O3S. The van der Waals surface area contributed by atoms with Crippen LogP contribution in [0.5, 0.6) is 0 Å². The summed E-state index contributed by atoms with van der Waals surface area (Å²) in [5.41, 5.74) is 3.93. The molecule has 2 aromatic rings. The van der Waals surface area contributed by atoms with Gasteiger partial charge in [-0.15, -0.1) is 0 Å². The van der Waals surface area contributed by atoms with Gasteiger partial charge < -0.3 is 5.32 Å². The molecule has 5 nitrogen and oxygen atoms in total. The molecule has 162 valence electrons. The van der Waals surface area contributed by atoms with E-state index < -0.39 is 10.0 Å². The van der Waals surface area contributed by atoms with Crippen LogP contribution in [0, 0.1) is 39.4 Å². The van der Waals surface area contributed by atoms with Gasteiger partial charge in [-0.1, -0.05) is 29.8 Å². The van der Waals surface area contributed by atoms with Gasteiger partial charge in [0.25, 0.3) is 0 Å². The van der Waals surface area contributed by atoms with Gasteiger partial charge in [0.2, 0.25) is 15.9 Å². The number of amides is 1. The molecule has 7 heteroatoms. The van der Waals surface area contributed by atoms with Crippen molar-refractivity contribution < 1.29 is 17.6 Å². The van der Waals surface area contributed by atoms with Crippen LogP contribution in [0.15, 0.2) is 35.2 Å². The van der Waals surface area contributed by atoms with Crippen LogP contribution in [-0.4, -0.2) is 31.7 Å². The molecule has 0 aliphatic carbocycles. The van der Waals surface area contributed by atoms with E-state index in [-0.39, 0.29) is 17.6 Å². The normalized spacial score (nSPS) is 15.9. The molecule has 1 fully saturated rings. The molecule has 0 saturated carbocycles. The van der Waals surface area contributed by atoms with Crippen molar-refractivity contribution in [1.82, 2.24) is 9.62 Å². The molecule has 1 aliphatic heterocycles. The molecule has 1 saturated heterocycles. The molecule has 1 aliphatic rings. The smallest absolute Gasteiger partial charge is 0.243 e. The van der Waals surface area contributed by atoms with Crippen molar-refractivity contribution in [2.24, 2.45) is 5.92 Å². The second kappa shape index (κ2) is 8.86. The number of piperidine rings is 1. The minimum absolute atomic E-state index is 0.0864. The lowest BCUT2D eigenvalue weighted by atomic mass is 9.97. The van der Waals surface area contributed by atoms with Crippen molar-refractivity contribution in [2.45, 2.75) is 52.0 Å². The van der Waals surface area contributed by atoms with E-state index in [1.54, 1.807) is 19.1 Å². The summed E-state index contributed by atoms with van der Waals surface area (Å²) in [5.74, 6) is -0.576. The van der Waals surface area contributed by atoms with Crippen molar-refractivity contribution in [2.75, 3.05) is 13.1 Å². The number of nitrogens with one attached hydrogen (secondary N) is 1. The van der Waals surface area contributed by atoms with E-state index in [1.807, 2.05) is 32.9 Å². The summed E-state index contributed by atoms with van der Waals surface area (Å²) >= 11 is 0. The highest BCUT2D eigenvalue weighted by Crippen LogP contribution is 2.29. The lowest BCUT2D eigenvalue weighted by Crippen LogP contribution is -2.43. The van der Waals surface area contributed by atoms with Gasteiger partial charge in [0.1, 0.15) is 5.82 Å². The fraction of sp³-hybridized carbons (Fsp3) is 0.435. The predicted octanol–water partition coefficient (Wildman–Crippen LogP) is 3.78. The summed E-state index contributed by atoms with van der Waals surface area (Å²) < 4.78 is 41.2. The zero-order valence-electron chi connectivity index (χ0n) is 18.0. The van der Waals surface area contributed by atoms with E-state index in [4.69, 9.17) is 0 Å². The Morgan fingerprint density at radius 1 is 1.03 bits per heavy atom. The number of carbonyl (C=O) groups excluding carboxylic acids is 1. The quantitative estimate of drug-likeness (QED) is 0.782. The summed E-state index contributed by atoms with van der Waals surface area (Å²) in [5, 5.41) is 2.90. The number of aryl methyl sites for hydroxylation is 4. The number of sulfonamides is 1. The molecule has 1 N–H and O–H groups in total. The molecule has 1 amide bonds. The minimum atomic E-state index is -3.59. The molecule has 30 heavy (non-hydrogen) atoms. The number of hydrogen-bond acceptors (Lipinski definition) is 3. The molecule has 0 unspecified atom stereocenters. The molecule has 0 spiro atoms. The van der Waals surface area contributed by atoms with Gasteiger partial charge in [0, 0.05) is 25.6 Å². The van der Waals surface area contributed by atoms with Crippen molar-refractivity contribution in [1.29, 1.82) is 0 Å². The summed E-state index contributed by atoms with van der Waals surface area (Å²) in [7, 11) is -3.59. The average molecular weight is 433 g/mol. The van der Waals surface area contributed by atoms with Crippen LogP contribution < -0.4 is 5.32 Å². The summed E-state index contributed by atoms with van der Waals surface area (Å²) in [6, 6.07) is 8.55. The van der Waals surface area contributed by atoms with Crippen LogP contribution in [0.2, 0.25) is 0 Å². The Balaban J connectivity index is 1.61. The number of rotatable bonds is 5. The second-order valence-electron chi connectivity index (χ2n) is 8.21. The first kappa shape index (κ1) is 22.4. The third-order valence-corrected chi connectivity index (χ3v) is 7.92. The zero-order chi connectivity index (χ0) is 22.1. The van der Waals surface area contributed by atoms with Crippen LogP contribution in [0.4, 0.5) is 4.39 Å². The third kappa shape index (κ3) is 4.73. The van der Waals surface area contributed by atoms with Crippen molar-refractivity contribution >= 4 is 15.9 Å². The van der Waals surface area contributed by atoms with Gasteiger partial charge in [-0.3, -0.25) is 4.79 Å². The second-order valence-corrected chi connectivity index (χ2v) is 10.1. The number of benzene rings is 2. The standard InChI is InChI=1S/C23H29FN2O3S/c1-15-11-17(3)22(18(4)12-15)30(28,29)26-9-7-20(8-10-26)23(27)25-14-19-5-6-21(24)16(2)13-19/h5-6,11-13,20H,7-10,14H2,1-4H3,(H,25,27). The van der Waals surface area contributed by atoms with Gasteiger partial charge in [-0.05, 0) is 68.9 Å². The van der Waals surface area contributed by atoms with Crippen LogP contribution in [0.1, 0.15) is 40.7 Å². The Kier molecular flexibility index (Phi) is 6.62. The van der Waals surface area contributed by atoms with E-state index in [2.05, 4.69) is 5.32 Å². The maximum absolute atomic E-state index is 13.4. The number of nitrogens with zero attached hydrogens (tertiary/aromatic N) is 1. The van der Waals surface area contributed by atoms with Crippen LogP contribution >= 0.6 is 0 Å². The summed E-state index contributed by atoms with van der Waals surface area (Å²) in [4.78, 5) is 12.9. The molecule has 0 radical (unpaired) electrons. The highest BCUT2D eigenvalue weighted by atomic mass is 32.2. The Labute approximate surface area is 178 Å². The molecule has 0 aromatic heterocycles. The van der Waals surface area contributed by atoms with E-state index in [9.17, 15) is 17.6 Å². The van der Waals surface area contributed by atoms with Crippen LogP contribution in [0.25, 0.3) is 0 Å². The fourth-order valence-corrected chi connectivity index (χ4v) is 6.09. The fourth-order valence-electron chi connectivity index (χ4n) is 4.21. The Morgan fingerprint density at radius 3 is 2.20 bits per heavy atom. The number of halogens is 1. The predicted molar refractivity (Wildman–Crippen MR) is 115 cm³/mol. The number of carbonyl (C=O) groups is 1. The Hall–Kier alpha value is -2.25. The molecule has 0 bridgehead atoms. The van der Waals surface area contributed by atoms with Gasteiger partial charge in [0.15, 0.2) is 0 Å². The number of hydrogen-bond donors (Lipinski definition) is 1.